The first kappa shape index (κ1) is 18.5. The summed E-state index contributed by atoms with van der Waals surface area (Å²) in [4.78, 5) is 0. The third-order valence-electron chi connectivity index (χ3n) is 2.26. The van der Waals surface area contributed by atoms with Crippen LogP contribution in [0.4, 0.5) is 5.69 Å². The van der Waals surface area contributed by atoms with Crippen molar-refractivity contribution in [2.24, 2.45) is 0 Å². The fourth-order valence-corrected chi connectivity index (χ4v) is 1.91. The molecule has 0 radical (unpaired) electrons. The molecule has 19 heavy (non-hydrogen) atoms. The fourth-order valence-electron chi connectivity index (χ4n) is 1.40. The predicted octanol–water partition coefficient (Wildman–Crippen LogP) is 0.745. The number of methoxy groups -OCH3 is 2. The second-order valence-electron chi connectivity index (χ2n) is 3.67. The van der Waals surface area contributed by atoms with Gasteiger partial charge < -0.3 is 14.8 Å². The van der Waals surface area contributed by atoms with Gasteiger partial charge in [0.15, 0.2) is 0 Å². The van der Waals surface area contributed by atoms with E-state index in [1.165, 1.54) is 0 Å². The molecular weight excluding hydrogens is 281 g/mol. The standard InChI is InChI=1S/C11H17NO5S.Na.H/c1-16-10-6-9(7-11(8-10)17-2)12-4-3-5-18(13,14)15;;/h6-8,12H,3-5H2,1-2H3,(H,13,14,15);;. The number of benzene rings is 1. The summed E-state index contributed by atoms with van der Waals surface area (Å²) < 4.78 is 39.9. The molecule has 6 nitrogen and oxygen atoms in total. The molecule has 0 aliphatic carbocycles. The Bertz CT molecular complexity index is 470. The Balaban J connectivity index is 0.00000324. The minimum absolute atomic E-state index is 0. The molecule has 0 bridgehead atoms. The summed E-state index contributed by atoms with van der Waals surface area (Å²) in [6.45, 7) is 0.427. The van der Waals surface area contributed by atoms with Gasteiger partial charge in [-0.3, -0.25) is 4.55 Å². The first-order valence-corrected chi connectivity index (χ1v) is 6.97. The Morgan fingerprint density at radius 3 is 2.11 bits per heavy atom. The van der Waals surface area contributed by atoms with Gasteiger partial charge in [0, 0.05) is 30.4 Å². The Labute approximate surface area is 135 Å². The molecule has 1 aromatic carbocycles. The Morgan fingerprint density at radius 1 is 1.16 bits per heavy atom. The van der Waals surface area contributed by atoms with Crippen molar-refractivity contribution in [2.75, 3.05) is 31.8 Å². The molecule has 104 valence electrons. The molecular formula is C11H18NNaO5S. The summed E-state index contributed by atoms with van der Waals surface area (Å²) in [5.74, 6) is 1.03. The second-order valence-corrected chi connectivity index (χ2v) is 5.24. The minimum atomic E-state index is -3.89. The molecule has 8 heteroatoms. The third kappa shape index (κ3) is 7.64. The van der Waals surface area contributed by atoms with Crippen molar-refractivity contribution >= 4 is 45.4 Å². The van der Waals surface area contributed by atoms with E-state index in [0.717, 1.165) is 5.69 Å². The maximum atomic E-state index is 10.5. The number of rotatable bonds is 7. The summed E-state index contributed by atoms with van der Waals surface area (Å²) in [5.41, 5.74) is 0.765. The second kappa shape index (κ2) is 8.65. The number of hydrogen-bond acceptors (Lipinski definition) is 5. The Hall–Kier alpha value is -0.470. The van der Waals surface area contributed by atoms with Crippen molar-refractivity contribution in [3.8, 4) is 11.5 Å². The van der Waals surface area contributed by atoms with Gasteiger partial charge in [0.25, 0.3) is 10.1 Å². The summed E-state index contributed by atoms with van der Waals surface area (Å²) in [6.07, 6.45) is 0.318. The van der Waals surface area contributed by atoms with Crippen LogP contribution in [0.5, 0.6) is 11.5 Å². The van der Waals surface area contributed by atoms with E-state index in [1.807, 2.05) is 0 Å². The van der Waals surface area contributed by atoms with Crippen LogP contribution in [0.2, 0.25) is 0 Å². The fraction of sp³-hybridized carbons (Fsp3) is 0.455. The average Bonchev–Trinajstić information content (AvgIpc) is 2.33. The SMILES string of the molecule is COc1cc(NCCCS(=O)(=O)O)cc(OC)c1.[NaH]. The van der Waals surface area contributed by atoms with Crippen LogP contribution in [0.1, 0.15) is 6.42 Å². The number of anilines is 1. The van der Waals surface area contributed by atoms with E-state index in [0.29, 0.717) is 24.5 Å². The summed E-state index contributed by atoms with van der Waals surface area (Å²) in [6, 6.07) is 5.29. The quantitative estimate of drug-likeness (QED) is 0.439. The molecule has 0 aliphatic heterocycles. The van der Waals surface area contributed by atoms with Crippen LogP contribution in [-0.4, -0.2) is 69.0 Å². The zero-order chi connectivity index (χ0) is 13.6. The van der Waals surface area contributed by atoms with E-state index in [1.54, 1.807) is 32.4 Å². The number of ether oxygens (including phenoxy) is 2. The Kier molecular flexibility index (Phi) is 8.44. The number of hydrogen-bond donors (Lipinski definition) is 2. The molecule has 0 aromatic heterocycles. The molecule has 0 heterocycles. The summed E-state index contributed by atoms with van der Waals surface area (Å²) in [5, 5.41) is 3.03. The van der Waals surface area contributed by atoms with Gasteiger partial charge in [-0.25, -0.2) is 0 Å². The van der Waals surface area contributed by atoms with E-state index in [9.17, 15) is 8.42 Å². The van der Waals surface area contributed by atoms with Crippen LogP contribution >= 0.6 is 0 Å². The van der Waals surface area contributed by atoms with Gasteiger partial charge in [-0.2, -0.15) is 8.42 Å². The van der Waals surface area contributed by atoms with E-state index in [-0.39, 0.29) is 35.3 Å². The van der Waals surface area contributed by atoms with Crippen molar-refractivity contribution in [1.82, 2.24) is 0 Å². The average molecular weight is 299 g/mol. The zero-order valence-electron chi connectivity index (χ0n) is 10.3. The molecule has 0 unspecified atom stereocenters. The van der Waals surface area contributed by atoms with Crippen LogP contribution in [0.25, 0.3) is 0 Å². The van der Waals surface area contributed by atoms with E-state index < -0.39 is 10.1 Å². The van der Waals surface area contributed by atoms with E-state index in [4.69, 9.17) is 14.0 Å². The van der Waals surface area contributed by atoms with Crippen molar-refractivity contribution in [1.29, 1.82) is 0 Å². The normalized spacial score (nSPS) is 10.5. The van der Waals surface area contributed by atoms with Crippen molar-refractivity contribution in [3.63, 3.8) is 0 Å². The van der Waals surface area contributed by atoms with Crippen LogP contribution in [-0.2, 0) is 10.1 Å². The topological polar surface area (TPSA) is 84.9 Å². The maximum absolute atomic E-state index is 10.5. The van der Waals surface area contributed by atoms with E-state index >= 15 is 0 Å². The first-order chi connectivity index (χ1) is 8.44. The van der Waals surface area contributed by atoms with Gasteiger partial charge in [-0.1, -0.05) is 0 Å². The molecule has 1 rings (SSSR count). The molecule has 0 aliphatic rings. The molecule has 2 N–H and O–H groups in total. The van der Waals surface area contributed by atoms with Gasteiger partial charge in [0.05, 0.1) is 20.0 Å². The van der Waals surface area contributed by atoms with Crippen LogP contribution in [0.3, 0.4) is 0 Å². The van der Waals surface area contributed by atoms with Crippen molar-refractivity contribution in [2.45, 2.75) is 6.42 Å². The first-order valence-electron chi connectivity index (χ1n) is 5.36. The zero-order valence-corrected chi connectivity index (χ0v) is 11.2. The Morgan fingerprint density at radius 2 is 1.68 bits per heavy atom. The molecule has 0 saturated carbocycles. The number of nitrogens with one attached hydrogen (secondary N) is 1. The monoisotopic (exact) mass is 299 g/mol. The van der Waals surface area contributed by atoms with Crippen molar-refractivity contribution < 1.29 is 22.4 Å². The third-order valence-corrected chi connectivity index (χ3v) is 3.06. The van der Waals surface area contributed by atoms with Crippen molar-refractivity contribution in [3.05, 3.63) is 18.2 Å². The van der Waals surface area contributed by atoms with Gasteiger partial charge in [0.1, 0.15) is 11.5 Å². The van der Waals surface area contributed by atoms with Gasteiger partial charge in [-0.05, 0) is 6.42 Å². The summed E-state index contributed by atoms with van der Waals surface area (Å²) >= 11 is 0. The molecule has 1 aromatic rings. The molecule has 0 fully saturated rings. The van der Waals surface area contributed by atoms with Crippen LogP contribution in [0, 0.1) is 0 Å². The van der Waals surface area contributed by atoms with Gasteiger partial charge >= 0.3 is 29.6 Å². The van der Waals surface area contributed by atoms with Crippen LogP contribution < -0.4 is 14.8 Å². The molecule has 0 saturated heterocycles. The van der Waals surface area contributed by atoms with Crippen LogP contribution in [0.15, 0.2) is 18.2 Å². The van der Waals surface area contributed by atoms with Gasteiger partial charge in [0.2, 0.25) is 0 Å². The summed E-state index contributed by atoms with van der Waals surface area (Å²) in [7, 11) is -0.789. The molecule has 0 spiro atoms. The predicted molar refractivity (Wildman–Crippen MR) is 76.2 cm³/mol. The molecule has 0 atom stereocenters. The van der Waals surface area contributed by atoms with E-state index in [2.05, 4.69) is 5.32 Å². The van der Waals surface area contributed by atoms with Gasteiger partial charge in [-0.15, -0.1) is 0 Å². The molecule has 0 amide bonds.